The molecule has 1 amide bonds. The monoisotopic (exact) mass is 450 g/mol. The molecule has 0 bridgehead atoms. The molecule has 0 fully saturated rings. The van der Waals surface area contributed by atoms with Crippen molar-refractivity contribution in [2.75, 3.05) is 10.6 Å². The highest BCUT2D eigenvalue weighted by Gasteiger charge is 2.16. The van der Waals surface area contributed by atoms with Crippen LogP contribution in [0.25, 0.3) is 22.3 Å². The Balaban J connectivity index is 1.44. The van der Waals surface area contributed by atoms with E-state index in [2.05, 4.69) is 40.5 Å². The first kappa shape index (κ1) is 23.2. The van der Waals surface area contributed by atoms with Gasteiger partial charge in [-0.1, -0.05) is 36.4 Å². The fourth-order valence-corrected chi connectivity index (χ4v) is 3.81. The van der Waals surface area contributed by atoms with Crippen LogP contribution in [0.3, 0.4) is 0 Å². The second-order valence-corrected chi connectivity index (χ2v) is 8.83. The summed E-state index contributed by atoms with van der Waals surface area (Å²) < 4.78 is 0. The molecule has 34 heavy (non-hydrogen) atoms. The van der Waals surface area contributed by atoms with Crippen molar-refractivity contribution in [3.8, 4) is 22.3 Å². The number of hydrogen-bond donors (Lipinski definition) is 2. The van der Waals surface area contributed by atoms with Crippen LogP contribution in [0, 0.1) is 6.92 Å². The van der Waals surface area contributed by atoms with Crippen molar-refractivity contribution in [3.63, 3.8) is 0 Å². The van der Waals surface area contributed by atoms with Gasteiger partial charge in [0.2, 0.25) is 5.91 Å². The van der Waals surface area contributed by atoms with Crippen molar-refractivity contribution in [2.24, 2.45) is 0 Å². The molecule has 1 unspecified atom stereocenters. The van der Waals surface area contributed by atoms with Crippen LogP contribution in [-0.2, 0) is 4.79 Å². The van der Waals surface area contributed by atoms with Crippen molar-refractivity contribution >= 4 is 17.4 Å². The number of carbonyl (C=O) groups excluding carboxylic acids is 1. The van der Waals surface area contributed by atoms with Crippen LogP contribution in [0.15, 0.2) is 85.2 Å². The Morgan fingerprint density at radius 3 is 2.21 bits per heavy atom. The predicted octanol–water partition coefficient (Wildman–Crippen LogP) is 6.68. The van der Waals surface area contributed by atoms with E-state index >= 15 is 0 Å². The molecule has 0 radical (unpaired) electrons. The van der Waals surface area contributed by atoms with Crippen LogP contribution < -0.4 is 10.6 Å². The van der Waals surface area contributed by atoms with Crippen molar-refractivity contribution < 1.29 is 4.79 Å². The first-order chi connectivity index (χ1) is 16.4. The Morgan fingerprint density at radius 2 is 1.53 bits per heavy atom. The van der Waals surface area contributed by atoms with Crippen molar-refractivity contribution in [1.29, 1.82) is 0 Å². The molecule has 0 saturated carbocycles. The summed E-state index contributed by atoms with van der Waals surface area (Å²) in [5, 5.41) is 6.34. The fraction of sp³-hybridized carbons (Fsp3) is 0.207. The molecule has 2 heterocycles. The summed E-state index contributed by atoms with van der Waals surface area (Å²) in [6.07, 6.45) is 3.67. The first-order valence-corrected chi connectivity index (χ1v) is 11.6. The van der Waals surface area contributed by atoms with Crippen LogP contribution in [-0.4, -0.2) is 21.9 Å². The van der Waals surface area contributed by atoms with E-state index in [4.69, 9.17) is 0 Å². The smallest absolute Gasteiger partial charge is 0.231 e. The number of amides is 1. The third-order valence-electron chi connectivity index (χ3n) is 5.70. The molecule has 5 heteroatoms. The van der Waals surface area contributed by atoms with Crippen molar-refractivity contribution in [2.45, 2.75) is 39.7 Å². The number of benzene rings is 2. The molecule has 0 aliphatic carbocycles. The molecule has 2 aromatic carbocycles. The average molecular weight is 451 g/mol. The zero-order valence-electron chi connectivity index (χ0n) is 20.0. The summed E-state index contributed by atoms with van der Waals surface area (Å²) >= 11 is 0. The van der Waals surface area contributed by atoms with Crippen LogP contribution in [0.4, 0.5) is 11.5 Å². The Labute approximate surface area is 201 Å². The summed E-state index contributed by atoms with van der Waals surface area (Å²) in [5.74, 6) is 0.518. The summed E-state index contributed by atoms with van der Waals surface area (Å²) in [6.45, 7) is 8.07. The van der Waals surface area contributed by atoms with Gasteiger partial charge in [0.05, 0.1) is 5.92 Å². The van der Waals surface area contributed by atoms with E-state index in [0.29, 0.717) is 6.04 Å². The maximum Gasteiger partial charge on any atom is 0.231 e. The molecular weight excluding hydrogens is 420 g/mol. The third kappa shape index (κ3) is 5.67. The molecule has 0 saturated heterocycles. The average Bonchev–Trinajstić information content (AvgIpc) is 2.84. The summed E-state index contributed by atoms with van der Waals surface area (Å²) in [5.41, 5.74) is 6.97. The molecular formula is C29H30N4O. The Morgan fingerprint density at radius 1 is 0.794 bits per heavy atom. The standard InChI is InChI=1S/C29H30N4O/c1-19(2)32-28-13-10-26(18-31-28)24-7-5-6-23(17-24)21(4)29(34)33-27-11-8-22(9-12-27)25-14-15-30-20(3)16-25/h5-19,21H,1-4H3,(H,31,32)(H,33,34). The van der Waals surface area contributed by atoms with Gasteiger partial charge in [-0.2, -0.15) is 0 Å². The number of carbonyl (C=O) groups is 1. The highest BCUT2D eigenvalue weighted by Crippen LogP contribution is 2.26. The molecule has 2 N–H and O–H groups in total. The fourth-order valence-electron chi connectivity index (χ4n) is 3.81. The van der Waals surface area contributed by atoms with E-state index in [1.54, 1.807) is 0 Å². The molecule has 4 aromatic rings. The zero-order valence-corrected chi connectivity index (χ0v) is 20.0. The Kier molecular flexibility index (Phi) is 7.02. The second-order valence-electron chi connectivity index (χ2n) is 8.83. The van der Waals surface area contributed by atoms with Crippen LogP contribution in [0.5, 0.6) is 0 Å². The number of aryl methyl sites for hydroxylation is 1. The van der Waals surface area contributed by atoms with E-state index in [-0.39, 0.29) is 11.8 Å². The molecule has 5 nitrogen and oxygen atoms in total. The van der Waals surface area contributed by atoms with Crippen molar-refractivity contribution in [1.82, 2.24) is 9.97 Å². The highest BCUT2D eigenvalue weighted by molar-refractivity contribution is 5.96. The van der Waals surface area contributed by atoms with E-state index < -0.39 is 0 Å². The summed E-state index contributed by atoms with van der Waals surface area (Å²) in [4.78, 5) is 21.7. The zero-order chi connectivity index (χ0) is 24.1. The first-order valence-electron chi connectivity index (χ1n) is 11.6. The minimum absolute atomic E-state index is 0.0424. The number of pyridine rings is 2. The lowest BCUT2D eigenvalue weighted by Gasteiger charge is -2.15. The van der Waals surface area contributed by atoms with Gasteiger partial charge < -0.3 is 10.6 Å². The summed E-state index contributed by atoms with van der Waals surface area (Å²) in [6, 6.07) is 24.4. The highest BCUT2D eigenvalue weighted by atomic mass is 16.1. The number of nitrogens with one attached hydrogen (secondary N) is 2. The number of anilines is 2. The minimum Gasteiger partial charge on any atom is -0.368 e. The van der Waals surface area contributed by atoms with Gasteiger partial charge in [0.1, 0.15) is 5.82 Å². The van der Waals surface area contributed by atoms with Crippen LogP contribution in [0.1, 0.15) is 37.9 Å². The Hall–Kier alpha value is -3.99. The SMILES string of the molecule is Cc1cc(-c2ccc(NC(=O)C(C)c3cccc(-c4ccc(NC(C)C)nc4)c3)cc2)ccn1. The predicted molar refractivity (Wildman–Crippen MR) is 140 cm³/mol. The number of rotatable bonds is 7. The van der Waals surface area contributed by atoms with Gasteiger partial charge in [0, 0.05) is 35.4 Å². The quantitative estimate of drug-likeness (QED) is 0.329. The van der Waals surface area contributed by atoms with Crippen molar-refractivity contribution in [3.05, 3.63) is 96.4 Å². The Bertz CT molecular complexity index is 1260. The molecule has 4 rings (SSSR count). The van der Waals surface area contributed by atoms with Gasteiger partial charge >= 0.3 is 0 Å². The molecule has 1 atom stereocenters. The van der Waals surface area contributed by atoms with Gasteiger partial charge in [-0.05, 0) is 86.3 Å². The number of nitrogens with zero attached hydrogens (tertiary/aromatic N) is 2. The van der Waals surface area contributed by atoms with E-state index in [9.17, 15) is 4.79 Å². The van der Waals surface area contributed by atoms with Gasteiger partial charge in [0.25, 0.3) is 0 Å². The molecule has 0 aliphatic heterocycles. The summed E-state index contributed by atoms with van der Waals surface area (Å²) in [7, 11) is 0. The second kappa shape index (κ2) is 10.3. The van der Waals surface area contributed by atoms with Gasteiger partial charge in [-0.15, -0.1) is 0 Å². The van der Waals surface area contributed by atoms with E-state index in [1.807, 2.05) is 93.0 Å². The molecule has 0 aliphatic rings. The molecule has 2 aromatic heterocycles. The topological polar surface area (TPSA) is 66.9 Å². The normalized spacial score (nSPS) is 11.8. The van der Waals surface area contributed by atoms with Gasteiger partial charge in [0.15, 0.2) is 0 Å². The molecule has 0 spiro atoms. The van der Waals surface area contributed by atoms with E-state index in [1.165, 1.54) is 0 Å². The van der Waals surface area contributed by atoms with Gasteiger partial charge in [-0.3, -0.25) is 9.78 Å². The largest absolute Gasteiger partial charge is 0.368 e. The maximum absolute atomic E-state index is 13.0. The lowest BCUT2D eigenvalue weighted by Crippen LogP contribution is -2.18. The van der Waals surface area contributed by atoms with Crippen LogP contribution in [0.2, 0.25) is 0 Å². The lowest BCUT2D eigenvalue weighted by atomic mass is 9.96. The number of hydrogen-bond acceptors (Lipinski definition) is 4. The minimum atomic E-state index is -0.294. The number of aromatic nitrogens is 2. The van der Waals surface area contributed by atoms with E-state index in [0.717, 1.165) is 45.0 Å². The maximum atomic E-state index is 13.0. The van der Waals surface area contributed by atoms with Crippen LogP contribution >= 0.6 is 0 Å². The lowest BCUT2D eigenvalue weighted by molar-refractivity contribution is -0.117. The van der Waals surface area contributed by atoms with Gasteiger partial charge in [-0.25, -0.2) is 4.98 Å². The third-order valence-corrected chi connectivity index (χ3v) is 5.70. The molecule has 172 valence electrons.